The van der Waals surface area contributed by atoms with Crippen molar-refractivity contribution in [2.45, 2.75) is 19.4 Å². The topological polar surface area (TPSA) is 82.5 Å². The van der Waals surface area contributed by atoms with Crippen LogP contribution in [0, 0.1) is 0 Å². The van der Waals surface area contributed by atoms with Crippen LogP contribution in [0.2, 0.25) is 0 Å². The lowest BCUT2D eigenvalue weighted by atomic mass is 10.1. The Balaban J connectivity index is 2.24. The molecular weight excluding hydrogens is 244 g/mol. The molecule has 5 heteroatoms. The quantitative estimate of drug-likeness (QED) is 0.767. The predicted octanol–water partition coefficient (Wildman–Crippen LogP) is 2.12. The number of carbonyl (C=O) groups is 1. The third-order valence-corrected chi connectivity index (χ3v) is 2.83. The number of anilines is 1. The summed E-state index contributed by atoms with van der Waals surface area (Å²) in [5, 5.41) is 22.0. The van der Waals surface area contributed by atoms with Crippen molar-refractivity contribution in [1.29, 1.82) is 0 Å². The summed E-state index contributed by atoms with van der Waals surface area (Å²) in [4.78, 5) is 15.4. The van der Waals surface area contributed by atoms with Crippen molar-refractivity contribution in [3.05, 3.63) is 35.9 Å². The number of rotatable bonds is 5. The Labute approximate surface area is 110 Å². The van der Waals surface area contributed by atoms with E-state index in [1.54, 1.807) is 37.3 Å². The highest BCUT2D eigenvalue weighted by molar-refractivity contribution is 6.02. The number of fused-ring (bicyclic) bond motifs is 1. The van der Waals surface area contributed by atoms with Crippen LogP contribution in [0.4, 0.5) is 5.82 Å². The molecule has 2 rings (SSSR count). The molecule has 0 saturated heterocycles. The molecule has 19 heavy (non-hydrogen) atoms. The largest absolute Gasteiger partial charge is 0.478 e. The Morgan fingerprint density at radius 1 is 1.37 bits per heavy atom. The standard InChI is InChI=1S/C14H16N2O3/c1-9(17)7-8-15-13-6-5-10-11(14(18)19)3-2-4-12(10)16-13/h2-6,9,17H,7-8H2,1H3,(H,15,16)(H,18,19). The van der Waals surface area contributed by atoms with Gasteiger partial charge in [0.15, 0.2) is 0 Å². The highest BCUT2D eigenvalue weighted by Crippen LogP contribution is 2.19. The van der Waals surface area contributed by atoms with Gasteiger partial charge in [-0.3, -0.25) is 0 Å². The summed E-state index contributed by atoms with van der Waals surface area (Å²) < 4.78 is 0. The van der Waals surface area contributed by atoms with Gasteiger partial charge in [-0.05, 0) is 37.6 Å². The second kappa shape index (κ2) is 5.67. The van der Waals surface area contributed by atoms with Gasteiger partial charge in [-0.2, -0.15) is 0 Å². The molecule has 0 aliphatic heterocycles. The van der Waals surface area contributed by atoms with E-state index in [-0.39, 0.29) is 11.7 Å². The molecule has 0 radical (unpaired) electrons. The predicted molar refractivity (Wildman–Crippen MR) is 73.5 cm³/mol. The van der Waals surface area contributed by atoms with Crippen LogP contribution in [0.25, 0.3) is 10.9 Å². The van der Waals surface area contributed by atoms with Gasteiger partial charge in [-0.1, -0.05) is 6.07 Å². The van der Waals surface area contributed by atoms with E-state index in [0.717, 1.165) is 0 Å². The van der Waals surface area contributed by atoms with Crippen LogP contribution < -0.4 is 5.32 Å². The molecule has 2 aromatic rings. The molecule has 0 aliphatic carbocycles. The molecule has 100 valence electrons. The first-order valence-electron chi connectivity index (χ1n) is 6.13. The normalized spacial score (nSPS) is 12.3. The number of aliphatic hydroxyl groups is 1. The van der Waals surface area contributed by atoms with Gasteiger partial charge in [0.2, 0.25) is 0 Å². The number of pyridine rings is 1. The summed E-state index contributed by atoms with van der Waals surface area (Å²) in [6.45, 7) is 2.35. The molecular formula is C14H16N2O3. The van der Waals surface area contributed by atoms with Crippen molar-refractivity contribution >= 4 is 22.7 Å². The Bertz CT molecular complexity index is 596. The van der Waals surface area contributed by atoms with E-state index < -0.39 is 5.97 Å². The van der Waals surface area contributed by atoms with Crippen molar-refractivity contribution in [3.63, 3.8) is 0 Å². The number of nitrogens with zero attached hydrogens (tertiary/aromatic N) is 1. The average molecular weight is 260 g/mol. The molecule has 1 heterocycles. The van der Waals surface area contributed by atoms with Gasteiger partial charge in [-0.15, -0.1) is 0 Å². The molecule has 1 aromatic carbocycles. The van der Waals surface area contributed by atoms with Gasteiger partial charge >= 0.3 is 5.97 Å². The number of carboxylic acid groups (broad SMARTS) is 1. The molecule has 0 saturated carbocycles. The fraction of sp³-hybridized carbons (Fsp3) is 0.286. The van der Waals surface area contributed by atoms with Gasteiger partial charge in [-0.25, -0.2) is 9.78 Å². The maximum absolute atomic E-state index is 11.1. The molecule has 0 fully saturated rings. The first-order valence-corrected chi connectivity index (χ1v) is 6.13. The van der Waals surface area contributed by atoms with Crippen molar-refractivity contribution in [1.82, 2.24) is 4.98 Å². The van der Waals surface area contributed by atoms with E-state index in [2.05, 4.69) is 10.3 Å². The van der Waals surface area contributed by atoms with E-state index in [9.17, 15) is 9.90 Å². The monoisotopic (exact) mass is 260 g/mol. The Morgan fingerprint density at radius 2 is 2.16 bits per heavy atom. The van der Waals surface area contributed by atoms with E-state index in [4.69, 9.17) is 5.11 Å². The molecule has 0 bridgehead atoms. The second-order valence-corrected chi connectivity index (χ2v) is 4.44. The summed E-state index contributed by atoms with van der Waals surface area (Å²) in [7, 11) is 0. The molecule has 5 nitrogen and oxygen atoms in total. The van der Waals surface area contributed by atoms with Crippen molar-refractivity contribution in [2.75, 3.05) is 11.9 Å². The lowest BCUT2D eigenvalue weighted by Gasteiger charge is -2.08. The summed E-state index contributed by atoms with van der Waals surface area (Å²) in [6.07, 6.45) is 0.279. The lowest BCUT2D eigenvalue weighted by molar-refractivity contribution is 0.0699. The first-order chi connectivity index (χ1) is 9.08. The molecule has 1 aromatic heterocycles. The number of aliphatic hydroxyl groups excluding tert-OH is 1. The maximum Gasteiger partial charge on any atom is 0.336 e. The maximum atomic E-state index is 11.1. The van der Waals surface area contributed by atoms with E-state index in [1.165, 1.54) is 0 Å². The third kappa shape index (κ3) is 3.20. The Kier molecular flexibility index (Phi) is 3.97. The van der Waals surface area contributed by atoms with E-state index in [0.29, 0.717) is 29.7 Å². The summed E-state index contributed by atoms with van der Waals surface area (Å²) in [5.74, 6) is -0.280. The zero-order valence-electron chi connectivity index (χ0n) is 10.6. The minimum Gasteiger partial charge on any atom is -0.478 e. The smallest absolute Gasteiger partial charge is 0.336 e. The number of benzene rings is 1. The molecule has 0 aliphatic rings. The van der Waals surface area contributed by atoms with Crippen LogP contribution >= 0.6 is 0 Å². The van der Waals surface area contributed by atoms with Crippen LogP contribution in [-0.2, 0) is 0 Å². The number of hydrogen-bond donors (Lipinski definition) is 3. The fourth-order valence-corrected chi connectivity index (χ4v) is 1.85. The number of carboxylic acids is 1. The van der Waals surface area contributed by atoms with Gasteiger partial charge in [0.05, 0.1) is 17.2 Å². The minimum absolute atomic E-state index is 0.250. The third-order valence-electron chi connectivity index (χ3n) is 2.83. The van der Waals surface area contributed by atoms with Gasteiger partial charge < -0.3 is 15.5 Å². The second-order valence-electron chi connectivity index (χ2n) is 4.44. The first kappa shape index (κ1) is 13.3. The highest BCUT2D eigenvalue weighted by Gasteiger charge is 2.08. The van der Waals surface area contributed by atoms with Crippen LogP contribution in [0.5, 0.6) is 0 Å². The van der Waals surface area contributed by atoms with Gasteiger partial charge in [0.1, 0.15) is 5.82 Å². The van der Waals surface area contributed by atoms with Crippen molar-refractivity contribution in [3.8, 4) is 0 Å². The average Bonchev–Trinajstić information content (AvgIpc) is 2.37. The van der Waals surface area contributed by atoms with E-state index in [1.807, 2.05) is 0 Å². The number of nitrogens with one attached hydrogen (secondary N) is 1. The fourth-order valence-electron chi connectivity index (χ4n) is 1.85. The highest BCUT2D eigenvalue weighted by atomic mass is 16.4. The molecule has 0 spiro atoms. The zero-order chi connectivity index (χ0) is 13.8. The van der Waals surface area contributed by atoms with Gasteiger partial charge in [0.25, 0.3) is 0 Å². The summed E-state index contributed by atoms with van der Waals surface area (Å²) in [5.41, 5.74) is 0.891. The summed E-state index contributed by atoms with van der Waals surface area (Å²) >= 11 is 0. The molecule has 1 atom stereocenters. The van der Waals surface area contributed by atoms with Crippen molar-refractivity contribution in [2.24, 2.45) is 0 Å². The number of aromatic nitrogens is 1. The van der Waals surface area contributed by atoms with Crippen LogP contribution in [0.15, 0.2) is 30.3 Å². The van der Waals surface area contributed by atoms with Crippen LogP contribution in [-0.4, -0.2) is 33.8 Å². The minimum atomic E-state index is -0.956. The van der Waals surface area contributed by atoms with Crippen molar-refractivity contribution < 1.29 is 15.0 Å². The number of hydrogen-bond acceptors (Lipinski definition) is 4. The Morgan fingerprint density at radius 3 is 2.84 bits per heavy atom. The van der Waals surface area contributed by atoms with E-state index >= 15 is 0 Å². The molecule has 3 N–H and O–H groups in total. The lowest BCUT2D eigenvalue weighted by Crippen LogP contribution is -2.10. The summed E-state index contributed by atoms with van der Waals surface area (Å²) in [6, 6.07) is 8.51. The zero-order valence-corrected chi connectivity index (χ0v) is 10.6. The van der Waals surface area contributed by atoms with Crippen LogP contribution in [0.3, 0.4) is 0 Å². The van der Waals surface area contributed by atoms with Crippen LogP contribution in [0.1, 0.15) is 23.7 Å². The van der Waals surface area contributed by atoms with Gasteiger partial charge in [0, 0.05) is 11.9 Å². The Hall–Kier alpha value is -2.14. The molecule has 0 amide bonds. The number of aromatic carboxylic acids is 1. The molecule has 1 unspecified atom stereocenters. The SMILES string of the molecule is CC(O)CCNc1ccc2c(C(=O)O)cccc2n1.